The Morgan fingerprint density at radius 2 is 1.87 bits per heavy atom. The van der Waals surface area contributed by atoms with Crippen molar-refractivity contribution in [3.05, 3.63) is 70.1 Å². The zero-order valence-electron chi connectivity index (χ0n) is 13.1. The van der Waals surface area contributed by atoms with Crippen molar-refractivity contribution >= 4 is 0 Å². The molecule has 0 saturated carbocycles. The summed E-state index contributed by atoms with van der Waals surface area (Å²) in [4.78, 5) is 14.5. The first-order valence-electron chi connectivity index (χ1n) is 8.25. The number of nitrogens with zero attached hydrogens (tertiary/aromatic N) is 2. The Bertz CT molecular complexity index is 813. The largest absolute Gasteiger partial charge is 0.312 e. The van der Waals surface area contributed by atoms with Gasteiger partial charge in [0.1, 0.15) is 0 Å². The second-order valence-electron chi connectivity index (χ2n) is 6.56. The molecule has 2 aromatic rings. The van der Waals surface area contributed by atoms with E-state index in [0.29, 0.717) is 11.8 Å². The molecule has 4 rings (SSSR count). The molecule has 0 spiro atoms. The van der Waals surface area contributed by atoms with Crippen LogP contribution in [0.3, 0.4) is 0 Å². The number of hydrogen-bond donors (Lipinski definition) is 0. The van der Waals surface area contributed by atoms with Gasteiger partial charge in [0.25, 0.3) is 5.56 Å². The summed E-state index contributed by atoms with van der Waals surface area (Å²) in [5.41, 5.74) is 2.42. The summed E-state index contributed by atoms with van der Waals surface area (Å²) < 4.78 is 1.98. The zero-order chi connectivity index (χ0) is 15.6. The van der Waals surface area contributed by atoms with E-state index >= 15 is 0 Å². The van der Waals surface area contributed by atoms with Gasteiger partial charge in [-0.1, -0.05) is 36.1 Å². The van der Waals surface area contributed by atoms with Crippen LogP contribution < -0.4 is 5.56 Å². The minimum Gasteiger partial charge on any atom is -0.312 e. The molecule has 1 fully saturated rings. The molecule has 0 N–H and O–H groups in total. The fourth-order valence-corrected chi connectivity index (χ4v) is 3.90. The van der Waals surface area contributed by atoms with Crippen LogP contribution in [0.1, 0.15) is 23.6 Å². The number of benzene rings is 1. The normalized spacial score (nSPS) is 22.8. The molecule has 3 heteroatoms. The van der Waals surface area contributed by atoms with Crippen LogP contribution in [0.5, 0.6) is 0 Å². The molecule has 0 aliphatic carbocycles. The highest BCUT2D eigenvalue weighted by molar-refractivity contribution is 5.33. The second kappa shape index (κ2) is 6.06. The molecule has 0 radical (unpaired) electrons. The SMILES string of the molecule is O=c1cccc2n1C[C@H]1C[C@@H]2CN(CC#Cc2ccccc2)C1. The van der Waals surface area contributed by atoms with Crippen LogP contribution in [0.25, 0.3) is 0 Å². The van der Waals surface area contributed by atoms with Crippen LogP contribution in [0.4, 0.5) is 0 Å². The average molecular weight is 304 g/mol. The van der Waals surface area contributed by atoms with Crippen molar-refractivity contribution < 1.29 is 0 Å². The van der Waals surface area contributed by atoms with Crippen LogP contribution in [-0.4, -0.2) is 29.1 Å². The van der Waals surface area contributed by atoms with E-state index < -0.39 is 0 Å². The predicted octanol–water partition coefficient (Wildman–Crippen LogP) is 2.32. The van der Waals surface area contributed by atoms with Crippen LogP contribution >= 0.6 is 0 Å². The maximum Gasteiger partial charge on any atom is 0.250 e. The fourth-order valence-electron chi connectivity index (χ4n) is 3.90. The van der Waals surface area contributed by atoms with Crippen molar-refractivity contribution in [2.24, 2.45) is 5.92 Å². The molecule has 23 heavy (non-hydrogen) atoms. The first kappa shape index (κ1) is 14.3. The Kier molecular flexibility index (Phi) is 3.77. The molecule has 2 bridgehead atoms. The van der Waals surface area contributed by atoms with Gasteiger partial charge < -0.3 is 4.57 Å². The quantitative estimate of drug-likeness (QED) is 0.756. The third-order valence-corrected chi connectivity index (χ3v) is 4.86. The molecule has 0 amide bonds. The van der Waals surface area contributed by atoms with E-state index in [1.54, 1.807) is 6.07 Å². The van der Waals surface area contributed by atoms with Gasteiger partial charge in [-0.2, -0.15) is 0 Å². The van der Waals surface area contributed by atoms with E-state index in [0.717, 1.165) is 31.7 Å². The zero-order valence-corrected chi connectivity index (χ0v) is 13.1. The van der Waals surface area contributed by atoms with Crippen LogP contribution in [0.2, 0.25) is 0 Å². The van der Waals surface area contributed by atoms with Crippen molar-refractivity contribution in [2.45, 2.75) is 18.9 Å². The van der Waals surface area contributed by atoms with Crippen molar-refractivity contribution in [1.82, 2.24) is 9.47 Å². The molecule has 1 aromatic heterocycles. The minimum atomic E-state index is 0.148. The van der Waals surface area contributed by atoms with Crippen LogP contribution in [0.15, 0.2) is 53.3 Å². The number of aromatic nitrogens is 1. The van der Waals surface area contributed by atoms with E-state index in [2.05, 4.69) is 22.8 Å². The first-order valence-corrected chi connectivity index (χ1v) is 8.25. The van der Waals surface area contributed by atoms with E-state index in [4.69, 9.17) is 0 Å². The summed E-state index contributed by atoms with van der Waals surface area (Å²) in [6.45, 7) is 3.71. The second-order valence-corrected chi connectivity index (χ2v) is 6.56. The Labute approximate surface area is 136 Å². The molecule has 116 valence electrons. The lowest BCUT2D eigenvalue weighted by Crippen LogP contribution is -2.47. The van der Waals surface area contributed by atoms with Gasteiger partial charge in [-0.15, -0.1) is 0 Å². The number of rotatable bonds is 1. The third kappa shape index (κ3) is 2.95. The molecule has 1 aromatic carbocycles. The predicted molar refractivity (Wildman–Crippen MR) is 91.3 cm³/mol. The van der Waals surface area contributed by atoms with Gasteiger partial charge in [0.05, 0.1) is 6.54 Å². The van der Waals surface area contributed by atoms with Crippen molar-refractivity contribution in [3.63, 3.8) is 0 Å². The van der Waals surface area contributed by atoms with Crippen molar-refractivity contribution in [1.29, 1.82) is 0 Å². The van der Waals surface area contributed by atoms with Gasteiger partial charge in [-0.05, 0) is 30.5 Å². The number of fused-ring (bicyclic) bond motifs is 4. The maximum atomic E-state index is 12.0. The Hall–Kier alpha value is -2.31. The van der Waals surface area contributed by atoms with E-state index in [-0.39, 0.29) is 5.56 Å². The highest BCUT2D eigenvalue weighted by Gasteiger charge is 2.33. The summed E-state index contributed by atoms with van der Waals surface area (Å²) in [5, 5.41) is 0. The average Bonchev–Trinajstić information content (AvgIpc) is 2.57. The highest BCUT2D eigenvalue weighted by atomic mass is 16.1. The molecule has 2 aliphatic rings. The van der Waals surface area contributed by atoms with Gasteiger partial charge in [-0.25, -0.2) is 0 Å². The smallest absolute Gasteiger partial charge is 0.250 e. The number of likely N-dealkylation sites (tertiary alicyclic amines) is 1. The third-order valence-electron chi connectivity index (χ3n) is 4.86. The lowest BCUT2D eigenvalue weighted by Gasteiger charge is -2.42. The lowest BCUT2D eigenvalue weighted by atomic mass is 9.83. The van der Waals surface area contributed by atoms with Crippen molar-refractivity contribution in [3.8, 4) is 11.8 Å². The first-order chi connectivity index (χ1) is 11.3. The Morgan fingerprint density at radius 1 is 1.00 bits per heavy atom. The van der Waals surface area contributed by atoms with E-state index in [1.807, 2.05) is 41.0 Å². The highest BCUT2D eigenvalue weighted by Crippen LogP contribution is 2.34. The summed E-state index contributed by atoms with van der Waals surface area (Å²) in [7, 11) is 0. The molecule has 2 atom stereocenters. The molecule has 3 nitrogen and oxygen atoms in total. The maximum absolute atomic E-state index is 12.0. The van der Waals surface area contributed by atoms with Gasteiger partial charge in [0.2, 0.25) is 0 Å². The van der Waals surface area contributed by atoms with E-state index in [1.165, 1.54) is 12.1 Å². The number of piperidine rings is 1. The van der Waals surface area contributed by atoms with E-state index in [9.17, 15) is 4.79 Å². The van der Waals surface area contributed by atoms with Gasteiger partial charge in [0.15, 0.2) is 0 Å². The lowest BCUT2D eigenvalue weighted by molar-refractivity contribution is 0.133. The Morgan fingerprint density at radius 3 is 2.74 bits per heavy atom. The molecule has 2 aliphatic heterocycles. The van der Waals surface area contributed by atoms with Gasteiger partial charge >= 0.3 is 0 Å². The summed E-state index contributed by atoms with van der Waals surface area (Å²) in [6, 6.07) is 15.8. The number of pyridine rings is 1. The molecule has 1 saturated heterocycles. The van der Waals surface area contributed by atoms with Gasteiger partial charge in [0, 0.05) is 42.9 Å². The number of hydrogen-bond acceptors (Lipinski definition) is 2. The molecule has 3 heterocycles. The topological polar surface area (TPSA) is 25.2 Å². The summed E-state index contributed by atoms with van der Waals surface area (Å²) >= 11 is 0. The van der Waals surface area contributed by atoms with Crippen LogP contribution in [-0.2, 0) is 6.54 Å². The molecule has 0 unspecified atom stereocenters. The van der Waals surface area contributed by atoms with Crippen LogP contribution in [0, 0.1) is 17.8 Å². The fraction of sp³-hybridized carbons (Fsp3) is 0.350. The standard InChI is InChI=1S/C20H20N2O/c23-20-10-4-9-19-18-12-17(14-22(19)20)13-21(15-18)11-5-8-16-6-2-1-3-7-16/h1-4,6-7,9-10,17-18H,11-15H2/t17-,18+/m0/s1. The summed E-state index contributed by atoms with van der Waals surface area (Å²) in [6.07, 6.45) is 1.20. The summed E-state index contributed by atoms with van der Waals surface area (Å²) in [5.74, 6) is 7.58. The van der Waals surface area contributed by atoms with Gasteiger partial charge in [-0.3, -0.25) is 9.69 Å². The monoisotopic (exact) mass is 304 g/mol. The Balaban J connectivity index is 1.49. The molecular weight excluding hydrogens is 284 g/mol. The van der Waals surface area contributed by atoms with Crippen molar-refractivity contribution in [2.75, 3.05) is 19.6 Å². The minimum absolute atomic E-state index is 0.148. The molecular formula is C20H20N2O.